The van der Waals surface area contributed by atoms with Gasteiger partial charge in [-0.25, -0.2) is 4.79 Å². The van der Waals surface area contributed by atoms with Crippen molar-refractivity contribution in [2.24, 2.45) is 0 Å². The number of carbonyl (C=O) groups is 1. The zero-order chi connectivity index (χ0) is 16.5. The maximum Gasteiger partial charge on any atom is 0.340 e. The molecule has 3 heteroatoms. The second-order valence-corrected chi connectivity index (χ2v) is 5.71. The number of esters is 1. The molecule has 1 aromatic heterocycles. The molecule has 2 rings (SSSR count). The largest absolute Gasteiger partial charge is 0.454 e. The minimum atomic E-state index is -0.312. The molecule has 0 aliphatic heterocycles. The van der Waals surface area contributed by atoms with Gasteiger partial charge in [0.05, 0.1) is 5.56 Å². The normalized spacial score (nSPS) is 11.9. The Morgan fingerprint density at radius 2 is 1.87 bits per heavy atom. The lowest BCUT2D eigenvalue weighted by Crippen LogP contribution is -2.11. The van der Waals surface area contributed by atoms with Crippen LogP contribution in [0.5, 0.6) is 0 Å². The van der Waals surface area contributed by atoms with Crippen molar-refractivity contribution in [1.82, 2.24) is 4.98 Å². The van der Waals surface area contributed by atoms with Gasteiger partial charge in [0.2, 0.25) is 0 Å². The van der Waals surface area contributed by atoms with Crippen molar-refractivity contribution < 1.29 is 9.53 Å². The monoisotopic (exact) mass is 311 g/mol. The second-order valence-electron chi connectivity index (χ2n) is 5.71. The lowest BCUT2D eigenvalue weighted by atomic mass is 10.1. The summed E-state index contributed by atoms with van der Waals surface area (Å²) in [5, 5.41) is 0. The number of pyridine rings is 1. The highest BCUT2D eigenvalue weighted by atomic mass is 16.5. The van der Waals surface area contributed by atoms with Gasteiger partial charge in [0, 0.05) is 11.9 Å². The summed E-state index contributed by atoms with van der Waals surface area (Å²) in [6.07, 6.45) is 6.67. The summed E-state index contributed by atoms with van der Waals surface area (Å²) in [6.45, 7) is 4.20. The van der Waals surface area contributed by atoms with Gasteiger partial charge in [0.25, 0.3) is 0 Å². The van der Waals surface area contributed by atoms with Crippen LogP contribution in [0.3, 0.4) is 0 Å². The smallest absolute Gasteiger partial charge is 0.340 e. The number of nitrogens with zero attached hydrogens (tertiary/aromatic N) is 1. The minimum absolute atomic E-state index is 0.215. The maximum absolute atomic E-state index is 12.3. The Bertz CT molecular complexity index is 593. The summed E-state index contributed by atoms with van der Waals surface area (Å²) in [6, 6.07) is 13.6. The predicted molar refractivity (Wildman–Crippen MR) is 92.4 cm³/mol. The molecule has 0 bridgehead atoms. The molecule has 0 saturated heterocycles. The van der Waals surface area contributed by atoms with Gasteiger partial charge in [-0.05, 0) is 37.0 Å². The first kappa shape index (κ1) is 17.2. The first-order valence-corrected chi connectivity index (χ1v) is 8.45. The van der Waals surface area contributed by atoms with Crippen LogP contribution in [0.1, 0.15) is 67.3 Å². The van der Waals surface area contributed by atoms with Gasteiger partial charge >= 0.3 is 5.97 Å². The molecule has 0 fully saturated rings. The average Bonchev–Trinajstić information content (AvgIpc) is 2.61. The van der Waals surface area contributed by atoms with Gasteiger partial charge in [-0.15, -0.1) is 0 Å². The second kappa shape index (κ2) is 9.09. The third-order valence-corrected chi connectivity index (χ3v) is 3.89. The number of aryl methyl sites for hydroxylation is 1. The number of hydrogen-bond acceptors (Lipinski definition) is 3. The Morgan fingerprint density at radius 1 is 1.09 bits per heavy atom. The number of hydrogen-bond donors (Lipinski definition) is 0. The summed E-state index contributed by atoms with van der Waals surface area (Å²) in [4.78, 5) is 16.7. The van der Waals surface area contributed by atoms with E-state index < -0.39 is 0 Å². The topological polar surface area (TPSA) is 39.2 Å². The lowest BCUT2D eigenvalue weighted by molar-refractivity contribution is 0.0287. The zero-order valence-corrected chi connectivity index (χ0v) is 14.0. The molecule has 0 aliphatic rings. The molecule has 0 N–H and O–H groups in total. The van der Waals surface area contributed by atoms with E-state index in [-0.39, 0.29) is 12.1 Å². The van der Waals surface area contributed by atoms with E-state index >= 15 is 0 Å². The summed E-state index contributed by atoms with van der Waals surface area (Å²) in [5.41, 5.74) is 2.57. The highest BCUT2D eigenvalue weighted by Crippen LogP contribution is 2.22. The Labute approximate surface area is 138 Å². The molecular formula is C20H25NO2. The number of ether oxygens (including phenoxy) is 1. The predicted octanol–water partition coefficient (Wildman–Crippen LogP) is 5.12. The quantitative estimate of drug-likeness (QED) is 0.501. The van der Waals surface area contributed by atoms with Crippen molar-refractivity contribution in [3.63, 3.8) is 0 Å². The molecule has 1 unspecified atom stereocenters. The van der Waals surface area contributed by atoms with Gasteiger partial charge in [0.1, 0.15) is 6.10 Å². The van der Waals surface area contributed by atoms with Crippen LogP contribution in [0, 0.1) is 0 Å². The van der Waals surface area contributed by atoms with Crippen molar-refractivity contribution in [3.05, 3.63) is 65.5 Å². The average molecular weight is 311 g/mol. The summed E-state index contributed by atoms with van der Waals surface area (Å²) in [7, 11) is 0. The van der Waals surface area contributed by atoms with Crippen LogP contribution in [-0.2, 0) is 11.2 Å². The molecule has 1 aromatic carbocycles. The molecule has 122 valence electrons. The number of unbranched alkanes of at least 4 members (excludes halogenated alkanes) is 2. The van der Waals surface area contributed by atoms with Crippen LogP contribution in [0.15, 0.2) is 48.7 Å². The van der Waals surface area contributed by atoms with Crippen molar-refractivity contribution in [2.45, 2.75) is 52.1 Å². The maximum atomic E-state index is 12.3. The first-order valence-electron chi connectivity index (χ1n) is 8.45. The Hall–Kier alpha value is -2.16. The minimum Gasteiger partial charge on any atom is -0.454 e. The number of rotatable bonds is 8. The lowest BCUT2D eigenvalue weighted by Gasteiger charge is -2.16. The molecule has 0 radical (unpaired) electrons. The standard InChI is InChI=1S/C20H25NO2/c1-3-5-7-12-18-14-13-17(15-21-18)20(22)23-19(4-2)16-10-8-6-9-11-16/h6,8-11,13-15,19H,3-5,7,12H2,1-2H3. The van der Waals surface area contributed by atoms with Gasteiger partial charge in [-0.1, -0.05) is 57.0 Å². The Balaban J connectivity index is 1.97. The highest BCUT2D eigenvalue weighted by molar-refractivity contribution is 5.89. The van der Waals surface area contributed by atoms with Crippen LogP contribution in [-0.4, -0.2) is 11.0 Å². The van der Waals surface area contributed by atoms with Crippen molar-refractivity contribution in [1.29, 1.82) is 0 Å². The highest BCUT2D eigenvalue weighted by Gasteiger charge is 2.16. The van der Waals surface area contributed by atoms with Gasteiger partial charge in [0.15, 0.2) is 0 Å². The Kier molecular flexibility index (Phi) is 6.79. The molecule has 0 amide bonds. The van der Waals surface area contributed by atoms with E-state index in [1.165, 1.54) is 12.8 Å². The summed E-state index contributed by atoms with van der Waals surface area (Å²) >= 11 is 0. The summed E-state index contributed by atoms with van der Waals surface area (Å²) in [5.74, 6) is -0.312. The molecule has 23 heavy (non-hydrogen) atoms. The third-order valence-electron chi connectivity index (χ3n) is 3.89. The fraction of sp³-hybridized carbons (Fsp3) is 0.400. The van der Waals surface area contributed by atoms with E-state index in [2.05, 4.69) is 11.9 Å². The molecule has 0 spiro atoms. The van der Waals surface area contributed by atoms with Crippen LogP contribution in [0.4, 0.5) is 0 Å². The first-order chi connectivity index (χ1) is 11.2. The van der Waals surface area contributed by atoms with E-state index in [1.54, 1.807) is 6.20 Å². The summed E-state index contributed by atoms with van der Waals surface area (Å²) < 4.78 is 5.63. The molecule has 0 aliphatic carbocycles. The van der Waals surface area contributed by atoms with Gasteiger partial charge < -0.3 is 4.74 Å². The van der Waals surface area contributed by atoms with Crippen molar-refractivity contribution in [2.75, 3.05) is 0 Å². The van der Waals surface area contributed by atoms with Crippen molar-refractivity contribution in [3.8, 4) is 0 Å². The van der Waals surface area contributed by atoms with E-state index in [1.807, 2.05) is 49.4 Å². The molecule has 2 aromatic rings. The van der Waals surface area contributed by atoms with E-state index in [0.29, 0.717) is 5.56 Å². The van der Waals surface area contributed by atoms with Crippen molar-refractivity contribution >= 4 is 5.97 Å². The SMILES string of the molecule is CCCCCc1ccc(C(=O)OC(CC)c2ccccc2)cn1. The van der Waals surface area contributed by atoms with Gasteiger partial charge in [-0.2, -0.15) is 0 Å². The van der Waals surface area contributed by atoms with Crippen LogP contribution < -0.4 is 0 Å². The molecule has 1 atom stereocenters. The Morgan fingerprint density at radius 3 is 2.48 bits per heavy atom. The number of benzene rings is 1. The fourth-order valence-corrected chi connectivity index (χ4v) is 2.50. The van der Waals surface area contributed by atoms with Crippen LogP contribution in [0.2, 0.25) is 0 Å². The van der Waals surface area contributed by atoms with Gasteiger partial charge in [-0.3, -0.25) is 4.98 Å². The third kappa shape index (κ3) is 5.20. The molecule has 3 nitrogen and oxygen atoms in total. The van der Waals surface area contributed by atoms with Crippen LogP contribution in [0.25, 0.3) is 0 Å². The van der Waals surface area contributed by atoms with E-state index in [0.717, 1.165) is 30.5 Å². The molecule has 1 heterocycles. The molecular weight excluding hydrogens is 286 g/mol. The van der Waals surface area contributed by atoms with E-state index in [9.17, 15) is 4.79 Å². The fourth-order valence-electron chi connectivity index (χ4n) is 2.50. The molecule has 0 saturated carbocycles. The van der Waals surface area contributed by atoms with Crippen LogP contribution >= 0.6 is 0 Å². The number of carbonyl (C=O) groups excluding carboxylic acids is 1. The van der Waals surface area contributed by atoms with E-state index in [4.69, 9.17) is 4.74 Å². The zero-order valence-electron chi connectivity index (χ0n) is 14.0. The number of aromatic nitrogens is 1.